The van der Waals surface area contributed by atoms with Gasteiger partial charge in [0.2, 0.25) is 0 Å². The van der Waals surface area contributed by atoms with Gasteiger partial charge in [0.1, 0.15) is 0 Å². The van der Waals surface area contributed by atoms with E-state index >= 15 is 0 Å². The Labute approximate surface area is 215 Å². The van der Waals surface area contributed by atoms with Crippen LogP contribution in [0.1, 0.15) is 25.8 Å². The third-order valence-electron chi connectivity index (χ3n) is 4.32. The maximum atomic E-state index is 12.3. The van der Waals surface area contributed by atoms with Crippen LogP contribution in [0.4, 0.5) is 5.69 Å². The Morgan fingerprint density at radius 2 is 1.79 bits per heavy atom. The zero-order valence-electron chi connectivity index (χ0n) is 18.6. The molecule has 34 heavy (non-hydrogen) atoms. The normalized spacial score (nSPS) is 11.6. The second-order valence-electron chi connectivity index (χ2n) is 7.01. The molecule has 2 aromatic carbocycles. The number of methoxy groups -OCH3 is 1. The molecule has 0 fully saturated rings. The summed E-state index contributed by atoms with van der Waals surface area (Å²) in [4.78, 5) is 35.8. The summed E-state index contributed by atoms with van der Waals surface area (Å²) in [5, 5.41) is 9.75. The van der Waals surface area contributed by atoms with Crippen LogP contribution in [-0.4, -0.2) is 43.7 Å². The number of anilines is 1. The third kappa shape index (κ3) is 8.51. The number of ether oxygens (including phenoxy) is 2. The second-order valence-corrected chi connectivity index (χ2v) is 8.74. The second kappa shape index (κ2) is 13.2. The standard InChI is InChI=1S/C22H23BrCl2N4O5/c1-4-12(2)27-21(31)22(32)29-26-10-13-5-17(23)20(18(6-13)33-3)34-11-19(30)28-16-8-14(24)7-15(25)9-16/h5-10,12H,4,11H2,1-3H3,(H,27,31)(H,28,30)(H,29,32)/b26-10-/t12-/m1/s1. The number of nitrogens with one attached hydrogen (secondary N) is 3. The summed E-state index contributed by atoms with van der Waals surface area (Å²) in [7, 11) is 1.44. The molecule has 0 saturated heterocycles. The Morgan fingerprint density at radius 1 is 1.12 bits per heavy atom. The van der Waals surface area contributed by atoms with Crippen LogP contribution in [0.25, 0.3) is 0 Å². The van der Waals surface area contributed by atoms with Crippen LogP contribution in [0.5, 0.6) is 11.5 Å². The van der Waals surface area contributed by atoms with E-state index in [1.165, 1.54) is 13.3 Å². The lowest BCUT2D eigenvalue weighted by molar-refractivity contribution is -0.139. The van der Waals surface area contributed by atoms with Gasteiger partial charge in [0.25, 0.3) is 5.91 Å². The number of amides is 3. The maximum absolute atomic E-state index is 12.3. The fourth-order valence-corrected chi connectivity index (χ4v) is 3.62. The van der Waals surface area contributed by atoms with Gasteiger partial charge in [0, 0.05) is 21.8 Å². The van der Waals surface area contributed by atoms with Crippen molar-refractivity contribution in [2.45, 2.75) is 26.3 Å². The first-order chi connectivity index (χ1) is 16.1. The van der Waals surface area contributed by atoms with Gasteiger partial charge < -0.3 is 20.1 Å². The Kier molecular flexibility index (Phi) is 10.6. The van der Waals surface area contributed by atoms with E-state index in [9.17, 15) is 14.4 Å². The topological polar surface area (TPSA) is 118 Å². The van der Waals surface area contributed by atoms with Crippen LogP contribution in [0, 0.1) is 0 Å². The monoisotopic (exact) mass is 572 g/mol. The van der Waals surface area contributed by atoms with Crippen molar-refractivity contribution in [3.05, 3.63) is 50.4 Å². The molecular weight excluding hydrogens is 551 g/mol. The zero-order chi connectivity index (χ0) is 25.3. The molecule has 0 heterocycles. The van der Waals surface area contributed by atoms with Gasteiger partial charge in [-0.1, -0.05) is 30.1 Å². The highest BCUT2D eigenvalue weighted by Crippen LogP contribution is 2.36. The van der Waals surface area contributed by atoms with Gasteiger partial charge in [0.15, 0.2) is 18.1 Å². The van der Waals surface area contributed by atoms with Crippen LogP contribution in [0.15, 0.2) is 39.9 Å². The summed E-state index contributed by atoms with van der Waals surface area (Å²) in [6.45, 7) is 3.37. The molecular formula is C22H23BrCl2N4O5. The van der Waals surface area contributed by atoms with Crippen LogP contribution >= 0.6 is 39.1 Å². The van der Waals surface area contributed by atoms with Crippen molar-refractivity contribution in [2.24, 2.45) is 5.10 Å². The Bertz CT molecular complexity index is 1080. The average Bonchev–Trinajstić information content (AvgIpc) is 2.76. The van der Waals surface area contributed by atoms with Crippen molar-refractivity contribution in [2.75, 3.05) is 19.0 Å². The lowest BCUT2D eigenvalue weighted by atomic mass is 10.2. The first-order valence-electron chi connectivity index (χ1n) is 10.0. The zero-order valence-corrected chi connectivity index (χ0v) is 21.7. The van der Waals surface area contributed by atoms with Crippen LogP contribution in [0.2, 0.25) is 10.0 Å². The van der Waals surface area contributed by atoms with E-state index in [1.54, 1.807) is 37.3 Å². The molecule has 2 rings (SSSR count). The molecule has 0 unspecified atom stereocenters. The summed E-state index contributed by atoms with van der Waals surface area (Å²) in [6.07, 6.45) is 2.03. The number of hydrazone groups is 1. The smallest absolute Gasteiger partial charge is 0.329 e. The molecule has 0 spiro atoms. The predicted octanol–water partition coefficient (Wildman–Crippen LogP) is 4.15. The molecule has 182 valence electrons. The first-order valence-corrected chi connectivity index (χ1v) is 11.6. The van der Waals surface area contributed by atoms with Crippen molar-refractivity contribution in [1.29, 1.82) is 0 Å². The molecule has 12 heteroatoms. The van der Waals surface area contributed by atoms with Crippen LogP contribution < -0.4 is 25.5 Å². The molecule has 9 nitrogen and oxygen atoms in total. The van der Waals surface area contributed by atoms with E-state index in [1.807, 2.05) is 6.92 Å². The van der Waals surface area contributed by atoms with E-state index in [-0.39, 0.29) is 18.4 Å². The van der Waals surface area contributed by atoms with Crippen LogP contribution in [0.3, 0.4) is 0 Å². The number of carbonyl (C=O) groups excluding carboxylic acids is 3. The highest BCUT2D eigenvalue weighted by atomic mass is 79.9. The van der Waals surface area contributed by atoms with Gasteiger partial charge in [-0.25, -0.2) is 5.43 Å². The van der Waals surface area contributed by atoms with Crippen LogP contribution in [-0.2, 0) is 14.4 Å². The van der Waals surface area contributed by atoms with Crippen molar-refractivity contribution >= 4 is 68.8 Å². The quantitative estimate of drug-likeness (QED) is 0.237. The van der Waals surface area contributed by atoms with Crippen molar-refractivity contribution < 1.29 is 23.9 Å². The van der Waals surface area contributed by atoms with E-state index in [2.05, 4.69) is 37.1 Å². The summed E-state index contributed by atoms with van der Waals surface area (Å²) >= 11 is 15.2. The molecule has 0 radical (unpaired) electrons. The molecule has 0 aliphatic carbocycles. The number of nitrogens with zero attached hydrogens (tertiary/aromatic N) is 1. The minimum Gasteiger partial charge on any atom is -0.493 e. The summed E-state index contributed by atoms with van der Waals surface area (Å²) < 4.78 is 11.4. The molecule has 2 aromatic rings. The van der Waals surface area contributed by atoms with Crippen molar-refractivity contribution in [3.8, 4) is 11.5 Å². The maximum Gasteiger partial charge on any atom is 0.329 e. The number of benzene rings is 2. The van der Waals surface area contributed by atoms with Crippen molar-refractivity contribution in [1.82, 2.24) is 10.7 Å². The Morgan fingerprint density at radius 3 is 2.41 bits per heavy atom. The van der Waals surface area contributed by atoms with Gasteiger partial charge >= 0.3 is 11.8 Å². The van der Waals surface area contributed by atoms with Gasteiger partial charge in [-0.2, -0.15) is 5.10 Å². The summed E-state index contributed by atoms with van der Waals surface area (Å²) in [6, 6.07) is 7.77. The van der Waals surface area contributed by atoms with Gasteiger partial charge in [0.05, 0.1) is 17.8 Å². The number of hydrogen-bond acceptors (Lipinski definition) is 6. The molecule has 0 aliphatic rings. The van der Waals surface area contributed by atoms with Gasteiger partial charge in [-0.05, 0) is 65.2 Å². The van der Waals surface area contributed by atoms with E-state index in [0.717, 1.165) is 0 Å². The summed E-state index contributed by atoms with van der Waals surface area (Å²) in [5.41, 5.74) is 3.13. The fourth-order valence-electron chi connectivity index (χ4n) is 2.52. The lowest BCUT2D eigenvalue weighted by Crippen LogP contribution is -2.41. The van der Waals surface area contributed by atoms with Crippen molar-refractivity contribution in [3.63, 3.8) is 0 Å². The minimum absolute atomic E-state index is 0.125. The number of rotatable bonds is 9. The number of carbonyl (C=O) groups is 3. The van der Waals surface area contributed by atoms with E-state index < -0.39 is 17.7 Å². The minimum atomic E-state index is -0.880. The molecule has 0 bridgehead atoms. The molecule has 0 saturated carbocycles. The van der Waals surface area contributed by atoms with E-state index in [0.29, 0.717) is 37.9 Å². The molecule has 3 N–H and O–H groups in total. The van der Waals surface area contributed by atoms with E-state index in [4.69, 9.17) is 32.7 Å². The first kappa shape index (κ1) is 27.4. The highest BCUT2D eigenvalue weighted by molar-refractivity contribution is 9.10. The summed E-state index contributed by atoms with van der Waals surface area (Å²) in [5.74, 6) is -1.48. The lowest BCUT2D eigenvalue weighted by Gasteiger charge is -2.13. The average molecular weight is 574 g/mol. The molecule has 0 aliphatic heterocycles. The Hall–Kier alpha value is -2.82. The molecule has 0 aromatic heterocycles. The van der Waals surface area contributed by atoms with Gasteiger partial charge in [-0.3, -0.25) is 14.4 Å². The number of halogens is 3. The largest absolute Gasteiger partial charge is 0.493 e. The predicted molar refractivity (Wildman–Crippen MR) is 135 cm³/mol. The SMILES string of the molecule is CC[C@@H](C)NC(=O)C(=O)N/N=C\c1cc(Br)c(OCC(=O)Nc2cc(Cl)cc(Cl)c2)c(OC)c1. The fraction of sp³-hybridized carbons (Fsp3) is 0.273. The Balaban J connectivity index is 2.00. The molecule has 1 atom stereocenters. The van der Waals surface area contributed by atoms with Gasteiger partial charge in [-0.15, -0.1) is 0 Å². The highest BCUT2D eigenvalue weighted by Gasteiger charge is 2.16. The third-order valence-corrected chi connectivity index (χ3v) is 5.35. The number of hydrogen-bond donors (Lipinski definition) is 3. The molecule has 3 amide bonds.